The average Bonchev–Trinajstić information content (AvgIpc) is 2.67. The lowest BCUT2D eigenvalue weighted by molar-refractivity contribution is -0.234. The monoisotopic (exact) mass is 434 g/mol. The summed E-state index contributed by atoms with van der Waals surface area (Å²) < 4.78 is 56.7. The Labute approximate surface area is 177 Å². The van der Waals surface area contributed by atoms with Crippen LogP contribution < -0.4 is 5.32 Å². The van der Waals surface area contributed by atoms with Crippen LogP contribution in [0.1, 0.15) is 42.0 Å². The van der Waals surface area contributed by atoms with Crippen LogP contribution in [0.2, 0.25) is 0 Å². The van der Waals surface area contributed by atoms with E-state index in [9.17, 15) is 22.4 Å². The minimum absolute atomic E-state index is 0.354. The highest BCUT2D eigenvalue weighted by Crippen LogP contribution is 2.63. The molecule has 1 amide bonds. The van der Waals surface area contributed by atoms with Crippen LogP contribution in [-0.2, 0) is 11.2 Å². The summed E-state index contributed by atoms with van der Waals surface area (Å²) in [7, 11) is 0. The molecule has 1 heterocycles. The third kappa shape index (κ3) is 3.67. The maximum atomic E-state index is 13.5. The largest absolute Gasteiger partial charge is 0.443 e. The zero-order valence-electron chi connectivity index (χ0n) is 16.7. The molecule has 4 nitrogen and oxygen atoms in total. The third-order valence-corrected chi connectivity index (χ3v) is 6.65. The second-order valence-electron chi connectivity index (χ2n) is 8.93. The zero-order valence-corrected chi connectivity index (χ0v) is 16.7. The van der Waals surface area contributed by atoms with Gasteiger partial charge in [0.05, 0.1) is 12.6 Å². The van der Waals surface area contributed by atoms with Crippen molar-refractivity contribution in [1.82, 2.24) is 10.2 Å². The Bertz CT molecular complexity index is 986. The van der Waals surface area contributed by atoms with Crippen LogP contribution in [0.4, 0.5) is 22.4 Å². The van der Waals surface area contributed by atoms with Crippen LogP contribution in [-0.4, -0.2) is 41.4 Å². The summed E-state index contributed by atoms with van der Waals surface area (Å²) in [4.78, 5) is 14.8. The van der Waals surface area contributed by atoms with Gasteiger partial charge in [0.25, 0.3) is 0 Å². The van der Waals surface area contributed by atoms with Gasteiger partial charge in [-0.1, -0.05) is 36.4 Å². The van der Waals surface area contributed by atoms with Gasteiger partial charge in [-0.25, -0.2) is 9.18 Å². The Kier molecular flexibility index (Phi) is 4.55. The topological polar surface area (TPSA) is 41.6 Å². The van der Waals surface area contributed by atoms with Gasteiger partial charge >= 0.3 is 12.3 Å². The molecule has 8 heteroatoms. The van der Waals surface area contributed by atoms with Gasteiger partial charge in [0.1, 0.15) is 11.4 Å². The predicted molar refractivity (Wildman–Crippen MR) is 105 cm³/mol. The minimum atomic E-state index is -4.26. The van der Waals surface area contributed by atoms with Gasteiger partial charge in [0.2, 0.25) is 0 Å². The molecule has 3 aliphatic carbocycles. The molecule has 1 N–H and O–H groups in total. The first kappa shape index (κ1) is 20.3. The Hall–Kier alpha value is -2.61. The van der Waals surface area contributed by atoms with Crippen molar-refractivity contribution in [3.8, 4) is 0 Å². The van der Waals surface area contributed by atoms with E-state index in [0.29, 0.717) is 32.2 Å². The molecule has 0 spiro atoms. The quantitative estimate of drug-likeness (QED) is 0.707. The number of rotatable bonds is 4. The number of carbonyl (C=O) groups excluding carboxylic acids is 1. The Morgan fingerprint density at radius 2 is 1.77 bits per heavy atom. The van der Waals surface area contributed by atoms with E-state index in [1.54, 1.807) is 17.0 Å². The van der Waals surface area contributed by atoms with Crippen molar-refractivity contribution < 1.29 is 27.1 Å². The number of hydrogen-bond acceptors (Lipinski definition) is 3. The van der Waals surface area contributed by atoms with Crippen LogP contribution in [0.3, 0.4) is 0 Å². The molecule has 2 aromatic rings. The van der Waals surface area contributed by atoms with Crippen LogP contribution in [0.5, 0.6) is 0 Å². The SMILES string of the molecule is O=C(OC12CC(NCC(F)(F)F)(C1)C2)N1CCc2ccccc2[C@@H]1c1ccc(F)cc1. The molecule has 31 heavy (non-hydrogen) atoms. The summed E-state index contributed by atoms with van der Waals surface area (Å²) in [6.07, 6.45) is -2.88. The lowest BCUT2D eigenvalue weighted by Crippen LogP contribution is -2.80. The predicted octanol–water partition coefficient (Wildman–Crippen LogP) is 4.74. The van der Waals surface area contributed by atoms with Crippen molar-refractivity contribution in [2.75, 3.05) is 13.1 Å². The number of amides is 1. The normalized spacial score (nSPS) is 28.9. The van der Waals surface area contributed by atoms with E-state index in [-0.39, 0.29) is 5.82 Å². The molecule has 4 aliphatic rings. The second-order valence-corrected chi connectivity index (χ2v) is 8.93. The molecule has 3 fully saturated rings. The maximum Gasteiger partial charge on any atom is 0.411 e. The fraction of sp³-hybridized carbons (Fsp3) is 0.435. The molecule has 164 valence electrons. The van der Waals surface area contributed by atoms with Crippen LogP contribution in [0, 0.1) is 5.82 Å². The van der Waals surface area contributed by atoms with Crippen molar-refractivity contribution in [1.29, 1.82) is 0 Å². The number of benzene rings is 2. The average molecular weight is 434 g/mol. The Morgan fingerprint density at radius 3 is 2.45 bits per heavy atom. The summed E-state index contributed by atoms with van der Waals surface area (Å²) in [6, 6.07) is 13.5. The highest BCUT2D eigenvalue weighted by atomic mass is 19.4. The van der Waals surface area contributed by atoms with Gasteiger partial charge in [-0.15, -0.1) is 0 Å². The summed E-state index contributed by atoms with van der Waals surface area (Å²) >= 11 is 0. The van der Waals surface area contributed by atoms with Crippen molar-refractivity contribution in [3.63, 3.8) is 0 Å². The first-order chi connectivity index (χ1) is 14.7. The van der Waals surface area contributed by atoms with Crippen molar-refractivity contribution in [2.24, 2.45) is 0 Å². The van der Waals surface area contributed by atoms with E-state index in [1.165, 1.54) is 12.1 Å². The highest BCUT2D eigenvalue weighted by molar-refractivity contribution is 5.71. The summed E-state index contributed by atoms with van der Waals surface area (Å²) in [5.74, 6) is -0.354. The molecule has 2 bridgehead atoms. The number of carbonyl (C=O) groups is 1. The number of alkyl halides is 3. The van der Waals surface area contributed by atoms with Gasteiger partial charge in [-0.3, -0.25) is 4.90 Å². The molecule has 2 aromatic carbocycles. The Balaban J connectivity index is 1.32. The van der Waals surface area contributed by atoms with Crippen molar-refractivity contribution >= 4 is 6.09 Å². The van der Waals surface area contributed by atoms with Gasteiger partial charge in [0, 0.05) is 31.3 Å². The van der Waals surface area contributed by atoms with Crippen LogP contribution in [0.25, 0.3) is 0 Å². The molecular weight excluding hydrogens is 412 g/mol. The van der Waals surface area contributed by atoms with E-state index in [1.807, 2.05) is 24.3 Å². The number of nitrogens with zero attached hydrogens (tertiary/aromatic N) is 1. The molecule has 6 rings (SSSR count). The smallest absolute Gasteiger partial charge is 0.411 e. The second kappa shape index (κ2) is 6.95. The highest BCUT2D eigenvalue weighted by Gasteiger charge is 2.71. The van der Waals surface area contributed by atoms with Gasteiger partial charge in [-0.2, -0.15) is 13.2 Å². The standard InChI is InChI=1S/C23H22F4N2O2/c24-17-7-5-16(6-8-17)19-18-4-2-1-3-15(18)9-10-29(19)20(30)31-22-11-21(12-22,13-22)28-14-23(25,26)27/h1-8,19,28H,9-14H2/t19-,21?,22?/m0/s1. The summed E-state index contributed by atoms with van der Waals surface area (Å²) in [5, 5.41) is 2.57. The molecule has 1 aliphatic heterocycles. The fourth-order valence-electron chi connectivity index (χ4n) is 5.29. The van der Waals surface area contributed by atoms with E-state index in [0.717, 1.165) is 16.7 Å². The molecule has 3 saturated carbocycles. The minimum Gasteiger partial charge on any atom is -0.443 e. The number of nitrogens with one attached hydrogen (secondary N) is 1. The van der Waals surface area contributed by atoms with E-state index >= 15 is 0 Å². The number of fused-ring (bicyclic) bond motifs is 1. The molecule has 0 aromatic heterocycles. The first-order valence-electron chi connectivity index (χ1n) is 10.3. The van der Waals surface area contributed by atoms with Gasteiger partial charge < -0.3 is 10.1 Å². The van der Waals surface area contributed by atoms with E-state index in [4.69, 9.17) is 4.74 Å². The van der Waals surface area contributed by atoms with Gasteiger partial charge in [-0.05, 0) is 35.2 Å². The lowest BCUT2D eigenvalue weighted by atomic mass is 9.46. The number of ether oxygens (including phenoxy) is 1. The Morgan fingerprint density at radius 1 is 1.10 bits per heavy atom. The van der Waals surface area contributed by atoms with Crippen molar-refractivity contribution in [3.05, 3.63) is 71.0 Å². The zero-order chi connectivity index (χ0) is 21.9. The fourth-order valence-corrected chi connectivity index (χ4v) is 5.29. The van der Waals surface area contributed by atoms with E-state index in [2.05, 4.69) is 5.32 Å². The summed E-state index contributed by atoms with van der Waals surface area (Å²) in [6.45, 7) is -0.585. The number of halogens is 4. The van der Waals surface area contributed by atoms with Crippen molar-refractivity contribution in [2.45, 2.75) is 49.0 Å². The number of hydrogen-bond donors (Lipinski definition) is 1. The molecule has 0 radical (unpaired) electrons. The van der Waals surface area contributed by atoms with Gasteiger partial charge in [0.15, 0.2) is 0 Å². The third-order valence-electron chi connectivity index (χ3n) is 6.65. The lowest BCUT2D eigenvalue weighted by Gasteiger charge is -2.69. The van der Waals surface area contributed by atoms with Crippen LogP contribution in [0.15, 0.2) is 48.5 Å². The summed E-state index contributed by atoms with van der Waals surface area (Å²) in [5.41, 5.74) is 1.63. The van der Waals surface area contributed by atoms with Crippen LogP contribution >= 0.6 is 0 Å². The molecule has 0 unspecified atom stereocenters. The molecular formula is C23H22F4N2O2. The molecule has 1 atom stereocenters. The maximum absolute atomic E-state index is 13.5. The first-order valence-corrected chi connectivity index (χ1v) is 10.3. The molecule has 0 saturated heterocycles. The van der Waals surface area contributed by atoms with E-state index < -0.39 is 36.0 Å².